The number of nitrogens with zero attached hydrogens (tertiary/aromatic N) is 3. The second kappa shape index (κ2) is 6.53. The van der Waals surface area contributed by atoms with Crippen molar-refractivity contribution in [1.29, 1.82) is 0 Å². The molecular formula is C16H21F2N3O3S. The molecule has 0 unspecified atom stereocenters. The predicted molar refractivity (Wildman–Crippen MR) is 88.8 cm³/mol. The van der Waals surface area contributed by atoms with E-state index in [0.29, 0.717) is 18.7 Å². The number of carbonyl (C=O) groups excluding carboxylic acids is 1. The molecule has 25 heavy (non-hydrogen) atoms. The van der Waals surface area contributed by atoms with Crippen LogP contribution in [0.3, 0.4) is 0 Å². The zero-order chi connectivity index (χ0) is 18.4. The van der Waals surface area contributed by atoms with Gasteiger partial charge >= 0.3 is 6.03 Å². The molecule has 0 radical (unpaired) electrons. The van der Waals surface area contributed by atoms with Crippen LogP contribution in [0.5, 0.6) is 0 Å². The number of fused-ring (bicyclic) bond motifs is 1. The zero-order valence-electron chi connectivity index (χ0n) is 14.2. The fourth-order valence-electron chi connectivity index (χ4n) is 3.65. The Morgan fingerprint density at radius 2 is 1.72 bits per heavy atom. The third-order valence-corrected chi connectivity index (χ3v) is 6.43. The molecule has 2 heterocycles. The van der Waals surface area contributed by atoms with Gasteiger partial charge in [0, 0.05) is 45.8 Å². The number of halogens is 2. The van der Waals surface area contributed by atoms with E-state index in [-0.39, 0.29) is 30.1 Å². The van der Waals surface area contributed by atoms with Crippen LogP contribution in [0.2, 0.25) is 0 Å². The highest BCUT2D eigenvalue weighted by Gasteiger charge is 2.48. The summed E-state index contributed by atoms with van der Waals surface area (Å²) in [6.45, 7) is 1.08. The first-order valence-electron chi connectivity index (χ1n) is 8.03. The number of hydrogen-bond acceptors (Lipinski definition) is 4. The SMILES string of the molecule is CN(C)C(=O)N1CCN(Cc2cc(F)cc(F)c2)[C@@H]2CS(=O)(=O)C[C@@H]21. The molecule has 2 atom stereocenters. The van der Waals surface area contributed by atoms with E-state index in [1.54, 1.807) is 19.0 Å². The Balaban J connectivity index is 1.84. The van der Waals surface area contributed by atoms with Gasteiger partial charge < -0.3 is 9.80 Å². The number of urea groups is 1. The van der Waals surface area contributed by atoms with E-state index >= 15 is 0 Å². The highest BCUT2D eigenvalue weighted by atomic mass is 32.2. The average molecular weight is 373 g/mol. The van der Waals surface area contributed by atoms with Crippen LogP contribution in [0.25, 0.3) is 0 Å². The Kier molecular flexibility index (Phi) is 4.72. The highest BCUT2D eigenvalue weighted by Crippen LogP contribution is 2.29. The summed E-state index contributed by atoms with van der Waals surface area (Å²) >= 11 is 0. The number of amides is 2. The van der Waals surface area contributed by atoms with Crippen LogP contribution in [-0.2, 0) is 16.4 Å². The van der Waals surface area contributed by atoms with Gasteiger partial charge in [-0.25, -0.2) is 22.0 Å². The molecule has 0 aromatic heterocycles. The van der Waals surface area contributed by atoms with Crippen LogP contribution in [0.15, 0.2) is 18.2 Å². The number of sulfone groups is 1. The molecule has 2 aliphatic heterocycles. The zero-order valence-corrected chi connectivity index (χ0v) is 15.0. The van der Waals surface area contributed by atoms with Gasteiger partial charge in [-0.05, 0) is 17.7 Å². The Morgan fingerprint density at radius 3 is 2.32 bits per heavy atom. The van der Waals surface area contributed by atoms with Crippen LogP contribution >= 0.6 is 0 Å². The quantitative estimate of drug-likeness (QED) is 0.774. The molecule has 2 amide bonds. The van der Waals surface area contributed by atoms with Gasteiger partial charge in [0.1, 0.15) is 11.6 Å². The first-order valence-corrected chi connectivity index (χ1v) is 9.86. The summed E-state index contributed by atoms with van der Waals surface area (Å²) in [6.07, 6.45) is 0. The van der Waals surface area contributed by atoms with E-state index in [4.69, 9.17) is 0 Å². The van der Waals surface area contributed by atoms with Crippen LogP contribution < -0.4 is 0 Å². The van der Waals surface area contributed by atoms with Gasteiger partial charge in [-0.2, -0.15) is 0 Å². The van der Waals surface area contributed by atoms with E-state index in [2.05, 4.69) is 0 Å². The molecule has 0 aliphatic carbocycles. The number of rotatable bonds is 2. The molecular weight excluding hydrogens is 352 g/mol. The van der Waals surface area contributed by atoms with Crippen molar-refractivity contribution in [2.24, 2.45) is 0 Å². The van der Waals surface area contributed by atoms with E-state index in [0.717, 1.165) is 6.07 Å². The number of carbonyl (C=O) groups is 1. The summed E-state index contributed by atoms with van der Waals surface area (Å²) in [5, 5.41) is 0. The molecule has 3 rings (SSSR count). The predicted octanol–water partition coefficient (Wildman–Crippen LogP) is 0.930. The third-order valence-electron chi connectivity index (χ3n) is 4.73. The monoisotopic (exact) mass is 373 g/mol. The maximum atomic E-state index is 13.4. The van der Waals surface area contributed by atoms with E-state index < -0.39 is 27.5 Å². The number of benzene rings is 1. The van der Waals surface area contributed by atoms with Crippen LogP contribution in [-0.4, -0.2) is 79.9 Å². The van der Waals surface area contributed by atoms with Crippen molar-refractivity contribution in [2.45, 2.75) is 18.6 Å². The number of piperazine rings is 1. The molecule has 0 saturated carbocycles. The molecule has 1 aromatic carbocycles. The summed E-state index contributed by atoms with van der Waals surface area (Å²) < 4.78 is 51.1. The first-order chi connectivity index (χ1) is 11.7. The van der Waals surface area contributed by atoms with Gasteiger partial charge in [-0.15, -0.1) is 0 Å². The van der Waals surface area contributed by atoms with Crippen LogP contribution in [0, 0.1) is 11.6 Å². The molecule has 2 aliphatic rings. The van der Waals surface area contributed by atoms with Gasteiger partial charge in [0.15, 0.2) is 9.84 Å². The Labute approximate surface area is 145 Å². The molecule has 9 heteroatoms. The molecule has 6 nitrogen and oxygen atoms in total. The van der Waals surface area contributed by atoms with Crippen LogP contribution in [0.4, 0.5) is 13.6 Å². The maximum Gasteiger partial charge on any atom is 0.319 e. The Morgan fingerprint density at radius 1 is 1.12 bits per heavy atom. The maximum absolute atomic E-state index is 13.4. The second-order valence-corrected chi connectivity index (χ2v) is 8.98. The Hall–Kier alpha value is -1.74. The van der Waals surface area contributed by atoms with Crippen molar-refractivity contribution in [3.05, 3.63) is 35.4 Å². The molecule has 0 N–H and O–H groups in total. The highest BCUT2D eigenvalue weighted by molar-refractivity contribution is 7.91. The van der Waals surface area contributed by atoms with Gasteiger partial charge in [-0.1, -0.05) is 0 Å². The van der Waals surface area contributed by atoms with Gasteiger partial charge in [-0.3, -0.25) is 4.90 Å². The van der Waals surface area contributed by atoms with Crippen molar-refractivity contribution < 1.29 is 22.0 Å². The van der Waals surface area contributed by atoms with Gasteiger partial charge in [0.2, 0.25) is 0 Å². The topological polar surface area (TPSA) is 60.9 Å². The van der Waals surface area contributed by atoms with E-state index in [1.807, 2.05) is 4.90 Å². The minimum Gasteiger partial charge on any atom is -0.331 e. The van der Waals surface area contributed by atoms with Crippen molar-refractivity contribution in [2.75, 3.05) is 38.7 Å². The van der Waals surface area contributed by atoms with Gasteiger partial charge in [0.25, 0.3) is 0 Å². The summed E-state index contributed by atoms with van der Waals surface area (Å²) in [4.78, 5) is 17.3. The smallest absolute Gasteiger partial charge is 0.319 e. The fraction of sp³-hybridized carbons (Fsp3) is 0.562. The Bertz CT molecular complexity index is 765. The van der Waals surface area contributed by atoms with Crippen molar-refractivity contribution in [1.82, 2.24) is 14.7 Å². The lowest BCUT2D eigenvalue weighted by Gasteiger charge is -2.44. The lowest BCUT2D eigenvalue weighted by Crippen LogP contribution is -2.61. The molecule has 0 spiro atoms. The van der Waals surface area contributed by atoms with Gasteiger partial charge in [0.05, 0.1) is 17.5 Å². The van der Waals surface area contributed by atoms with Crippen molar-refractivity contribution in [3.8, 4) is 0 Å². The van der Waals surface area contributed by atoms with E-state index in [9.17, 15) is 22.0 Å². The molecule has 138 valence electrons. The fourth-order valence-corrected chi connectivity index (χ4v) is 5.66. The molecule has 2 fully saturated rings. The number of hydrogen-bond donors (Lipinski definition) is 0. The van der Waals surface area contributed by atoms with Crippen molar-refractivity contribution in [3.63, 3.8) is 0 Å². The third kappa shape index (κ3) is 3.77. The first kappa shape index (κ1) is 18.1. The second-order valence-electron chi connectivity index (χ2n) is 6.83. The minimum atomic E-state index is -3.26. The molecule has 1 aromatic rings. The molecule has 2 saturated heterocycles. The summed E-state index contributed by atoms with van der Waals surface area (Å²) in [5.41, 5.74) is 0.452. The largest absolute Gasteiger partial charge is 0.331 e. The van der Waals surface area contributed by atoms with E-state index in [1.165, 1.54) is 17.0 Å². The average Bonchev–Trinajstić information content (AvgIpc) is 2.81. The van der Waals surface area contributed by atoms with Crippen LogP contribution in [0.1, 0.15) is 5.56 Å². The lowest BCUT2D eigenvalue weighted by atomic mass is 10.0. The van der Waals surface area contributed by atoms with Crippen molar-refractivity contribution >= 4 is 15.9 Å². The summed E-state index contributed by atoms with van der Waals surface area (Å²) in [5.74, 6) is -1.45. The lowest BCUT2D eigenvalue weighted by molar-refractivity contribution is 0.0520. The summed E-state index contributed by atoms with van der Waals surface area (Å²) in [6, 6.07) is 2.28. The summed E-state index contributed by atoms with van der Waals surface area (Å²) in [7, 11) is -0.00939. The molecule has 0 bridgehead atoms. The normalized spacial score (nSPS) is 25.7. The minimum absolute atomic E-state index is 0.0489. The standard InChI is InChI=1S/C16H21F2N3O3S/c1-19(2)16(22)21-4-3-20(14-9-25(23,24)10-15(14)21)8-11-5-12(17)7-13(18)6-11/h5-7,14-15H,3-4,8-10H2,1-2H3/t14-,15+/m1/s1.